The molecule has 1 nitrogen and oxygen atoms in total. The van der Waals surface area contributed by atoms with Gasteiger partial charge in [0.05, 0.1) is 0 Å². The summed E-state index contributed by atoms with van der Waals surface area (Å²) in [4.78, 5) is 1.21. The molecule has 0 saturated heterocycles. The molecular formula is C18H22FNS. The van der Waals surface area contributed by atoms with Gasteiger partial charge in [0.1, 0.15) is 5.82 Å². The highest BCUT2D eigenvalue weighted by molar-refractivity contribution is 7.99. The zero-order valence-electron chi connectivity index (χ0n) is 12.8. The van der Waals surface area contributed by atoms with E-state index >= 15 is 0 Å². The van der Waals surface area contributed by atoms with Crippen molar-refractivity contribution >= 4 is 11.8 Å². The molecule has 0 aromatic heterocycles. The Morgan fingerprint density at radius 2 is 1.57 bits per heavy atom. The van der Waals surface area contributed by atoms with E-state index in [1.54, 1.807) is 23.9 Å². The normalized spacial score (nSPS) is 13.2. The second kappa shape index (κ2) is 6.63. The van der Waals surface area contributed by atoms with Crippen molar-refractivity contribution in [2.75, 3.05) is 5.75 Å². The van der Waals surface area contributed by atoms with Crippen LogP contribution in [0, 0.1) is 5.82 Å². The highest BCUT2D eigenvalue weighted by atomic mass is 32.2. The second-order valence-corrected chi connectivity index (χ2v) is 7.34. The first kappa shape index (κ1) is 16.1. The van der Waals surface area contributed by atoms with Gasteiger partial charge in [-0.2, -0.15) is 0 Å². The summed E-state index contributed by atoms with van der Waals surface area (Å²) in [6, 6.07) is 15.0. The van der Waals surface area contributed by atoms with Crippen LogP contribution in [0.2, 0.25) is 0 Å². The van der Waals surface area contributed by atoms with Gasteiger partial charge in [-0.05, 0) is 40.8 Å². The summed E-state index contributed by atoms with van der Waals surface area (Å²) < 4.78 is 12.9. The lowest BCUT2D eigenvalue weighted by Gasteiger charge is -2.19. The van der Waals surface area contributed by atoms with Crippen LogP contribution < -0.4 is 5.73 Å². The van der Waals surface area contributed by atoms with E-state index in [9.17, 15) is 4.39 Å². The Morgan fingerprint density at radius 1 is 1.00 bits per heavy atom. The van der Waals surface area contributed by atoms with E-state index in [0.29, 0.717) is 0 Å². The van der Waals surface area contributed by atoms with Crippen molar-refractivity contribution in [3.8, 4) is 0 Å². The minimum Gasteiger partial charge on any atom is -0.323 e. The molecule has 2 rings (SSSR count). The highest BCUT2D eigenvalue weighted by Gasteiger charge is 2.13. The van der Waals surface area contributed by atoms with Crippen LogP contribution in [0.4, 0.5) is 4.39 Å². The van der Waals surface area contributed by atoms with E-state index in [4.69, 9.17) is 5.73 Å². The molecule has 0 aliphatic heterocycles. The molecule has 2 aromatic carbocycles. The van der Waals surface area contributed by atoms with Crippen LogP contribution in [-0.2, 0) is 5.41 Å². The number of hydrogen-bond donors (Lipinski definition) is 1. The Labute approximate surface area is 130 Å². The minimum atomic E-state index is -0.226. The van der Waals surface area contributed by atoms with E-state index in [2.05, 4.69) is 45.0 Å². The summed E-state index contributed by atoms with van der Waals surface area (Å²) in [6.07, 6.45) is 0. The molecule has 0 amide bonds. The lowest BCUT2D eigenvalue weighted by atomic mass is 9.87. The lowest BCUT2D eigenvalue weighted by Crippen LogP contribution is -2.13. The fourth-order valence-electron chi connectivity index (χ4n) is 2.04. The molecule has 0 saturated carbocycles. The van der Waals surface area contributed by atoms with E-state index < -0.39 is 0 Å². The SMILES string of the molecule is CC(C)(C)c1ccc(SCC(N)c2ccc(F)cc2)cc1. The van der Waals surface area contributed by atoms with Crippen LogP contribution in [0.3, 0.4) is 0 Å². The number of rotatable bonds is 4. The van der Waals surface area contributed by atoms with Crippen molar-refractivity contribution in [3.63, 3.8) is 0 Å². The quantitative estimate of drug-likeness (QED) is 0.812. The van der Waals surface area contributed by atoms with E-state index in [1.807, 2.05) is 0 Å². The molecule has 112 valence electrons. The van der Waals surface area contributed by atoms with E-state index in [-0.39, 0.29) is 17.3 Å². The van der Waals surface area contributed by atoms with Gasteiger partial charge in [0, 0.05) is 16.7 Å². The highest BCUT2D eigenvalue weighted by Crippen LogP contribution is 2.27. The molecule has 3 heteroatoms. The van der Waals surface area contributed by atoms with Crippen LogP contribution in [0.1, 0.15) is 37.9 Å². The summed E-state index contributed by atoms with van der Waals surface area (Å²) in [5, 5.41) is 0. The number of hydrogen-bond acceptors (Lipinski definition) is 2. The zero-order valence-corrected chi connectivity index (χ0v) is 13.6. The predicted octanol–water partition coefficient (Wildman–Crippen LogP) is 4.92. The molecule has 0 radical (unpaired) electrons. The number of halogens is 1. The van der Waals surface area contributed by atoms with Gasteiger partial charge in [0.2, 0.25) is 0 Å². The van der Waals surface area contributed by atoms with Gasteiger partial charge in [0.15, 0.2) is 0 Å². The van der Waals surface area contributed by atoms with Crippen molar-refractivity contribution in [3.05, 3.63) is 65.5 Å². The molecule has 1 atom stereocenters. The van der Waals surface area contributed by atoms with Gasteiger partial charge >= 0.3 is 0 Å². The maximum Gasteiger partial charge on any atom is 0.123 e. The van der Waals surface area contributed by atoms with Gasteiger partial charge < -0.3 is 5.73 Å². The van der Waals surface area contributed by atoms with Crippen LogP contribution in [0.25, 0.3) is 0 Å². The molecule has 0 aliphatic rings. The molecule has 2 N–H and O–H groups in total. The zero-order chi connectivity index (χ0) is 15.5. The maximum atomic E-state index is 12.9. The van der Waals surface area contributed by atoms with Gasteiger partial charge in [-0.1, -0.05) is 45.0 Å². The number of nitrogens with two attached hydrogens (primary N) is 1. The molecule has 1 unspecified atom stereocenters. The third-order valence-corrected chi connectivity index (χ3v) is 4.58. The topological polar surface area (TPSA) is 26.0 Å². The van der Waals surface area contributed by atoms with Crippen LogP contribution in [-0.4, -0.2) is 5.75 Å². The van der Waals surface area contributed by atoms with Gasteiger partial charge in [-0.25, -0.2) is 4.39 Å². The molecule has 0 bridgehead atoms. The van der Waals surface area contributed by atoms with E-state index in [0.717, 1.165) is 11.3 Å². The molecule has 0 aliphatic carbocycles. The number of thioether (sulfide) groups is 1. The fourth-order valence-corrected chi connectivity index (χ4v) is 2.94. The third kappa shape index (κ3) is 4.58. The number of benzene rings is 2. The first-order valence-electron chi connectivity index (χ1n) is 7.10. The van der Waals surface area contributed by atoms with Crippen molar-refractivity contribution in [2.24, 2.45) is 5.73 Å². The first-order valence-corrected chi connectivity index (χ1v) is 8.09. The van der Waals surface area contributed by atoms with E-state index in [1.165, 1.54) is 22.6 Å². The van der Waals surface area contributed by atoms with Crippen molar-refractivity contribution < 1.29 is 4.39 Å². The average molecular weight is 303 g/mol. The van der Waals surface area contributed by atoms with Crippen molar-refractivity contribution in [2.45, 2.75) is 37.1 Å². The Balaban J connectivity index is 1.95. The molecule has 0 heterocycles. The fraction of sp³-hybridized carbons (Fsp3) is 0.333. The van der Waals surface area contributed by atoms with Gasteiger partial charge in [0.25, 0.3) is 0 Å². The largest absolute Gasteiger partial charge is 0.323 e. The molecular weight excluding hydrogens is 281 g/mol. The first-order chi connectivity index (χ1) is 9.86. The molecule has 0 spiro atoms. The molecule has 2 aromatic rings. The van der Waals surface area contributed by atoms with Crippen LogP contribution in [0.5, 0.6) is 0 Å². The molecule has 21 heavy (non-hydrogen) atoms. The van der Waals surface area contributed by atoms with Crippen LogP contribution in [0.15, 0.2) is 53.4 Å². The summed E-state index contributed by atoms with van der Waals surface area (Å²) in [5.74, 6) is 0.553. The Hall–Kier alpha value is -1.32. The maximum absolute atomic E-state index is 12.9. The summed E-state index contributed by atoms with van der Waals surface area (Å²) >= 11 is 1.73. The standard InChI is InChI=1S/C18H22FNS/c1-18(2,3)14-6-10-16(11-7-14)21-12-17(20)13-4-8-15(19)9-5-13/h4-11,17H,12,20H2,1-3H3. The Morgan fingerprint density at radius 3 is 2.10 bits per heavy atom. The monoisotopic (exact) mass is 303 g/mol. The summed E-state index contributed by atoms with van der Waals surface area (Å²) in [7, 11) is 0. The minimum absolute atomic E-state index is 0.0853. The van der Waals surface area contributed by atoms with Crippen molar-refractivity contribution in [1.82, 2.24) is 0 Å². The van der Waals surface area contributed by atoms with Crippen molar-refractivity contribution in [1.29, 1.82) is 0 Å². The van der Waals surface area contributed by atoms with Gasteiger partial charge in [-0.15, -0.1) is 11.8 Å². The van der Waals surface area contributed by atoms with Gasteiger partial charge in [-0.3, -0.25) is 0 Å². The summed E-state index contributed by atoms with van der Waals surface area (Å²) in [6.45, 7) is 6.62. The lowest BCUT2D eigenvalue weighted by molar-refractivity contribution is 0.590. The smallest absolute Gasteiger partial charge is 0.123 e. The summed E-state index contributed by atoms with van der Waals surface area (Å²) in [5.41, 5.74) is 8.62. The molecule has 0 fully saturated rings. The predicted molar refractivity (Wildman–Crippen MR) is 89.2 cm³/mol. The Bertz CT molecular complexity index is 570. The van der Waals surface area contributed by atoms with Crippen LogP contribution >= 0.6 is 11.8 Å². The second-order valence-electron chi connectivity index (χ2n) is 6.24. The average Bonchev–Trinajstić information content (AvgIpc) is 2.45. The Kier molecular flexibility index (Phi) is 5.07. The third-order valence-electron chi connectivity index (χ3n) is 3.45.